The fraction of sp³-hybridized carbons (Fsp3) is 0.100. The summed E-state index contributed by atoms with van der Waals surface area (Å²) < 4.78 is 0. The molecule has 9 nitrogen and oxygen atoms in total. The monoisotopic (exact) mass is 422 g/mol. The SMILES string of the molecule is O=C(Nc1nc(-c2cccc([N+](=O)[O-])c2)cs1)c1ccc(N2C(=O)CCC2=O)cc1. The van der Waals surface area contributed by atoms with Crippen LogP contribution in [0.25, 0.3) is 11.3 Å². The quantitative estimate of drug-likeness (QED) is 0.381. The number of anilines is 2. The van der Waals surface area contributed by atoms with Crippen LogP contribution >= 0.6 is 11.3 Å². The highest BCUT2D eigenvalue weighted by Gasteiger charge is 2.30. The van der Waals surface area contributed by atoms with Crippen molar-refractivity contribution in [3.8, 4) is 11.3 Å². The van der Waals surface area contributed by atoms with Crippen LogP contribution in [0.1, 0.15) is 23.2 Å². The molecule has 3 aromatic rings. The molecule has 1 N–H and O–H groups in total. The first-order chi connectivity index (χ1) is 14.4. The number of non-ortho nitro benzene ring substituents is 1. The van der Waals surface area contributed by atoms with Crippen LogP contribution in [-0.2, 0) is 9.59 Å². The third-order valence-corrected chi connectivity index (χ3v) is 5.27. The maximum Gasteiger partial charge on any atom is 0.270 e. The van der Waals surface area contributed by atoms with Crippen molar-refractivity contribution in [2.75, 3.05) is 10.2 Å². The van der Waals surface area contributed by atoms with E-state index >= 15 is 0 Å². The average molecular weight is 422 g/mol. The fourth-order valence-electron chi connectivity index (χ4n) is 3.04. The van der Waals surface area contributed by atoms with Crippen LogP contribution in [0.4, 0.5) is 16.5 Å². The molecule has 0 saturated carbocycles. The second-order valence-electron chi connectivity index (χ2n) is 6.47. The number of thiazole rings is 1. The minimum Gasteiger partial charge on any atom is -0.298 e. The van der Waals surface area contributed by atoms with E-state index in [1.54, 1.807) is 29.6 Å². The van der Waals surface area contributed by atoms with E-state index in [1.807, 2.05) is 0 Å². The Balaban J connectivity index is 1.47. The molecule has 0 aliphatic carbocycles. The summed E-state index contributed by atoms with van der Waals surface area (Å²) in [7, 11) is 0. The zero-order valence-electron chi connectivity index (χ0n) is 15.4. The summed E-state index contributed by atoms with van der Waals surface area (Å²) >= 11 is 1.20. The van der Waals surface area contributed by atoms with Crippen molar-refractivity contribution in [2.45, 2.75) is 12.8 Å². The first kappa shape index (κ1) is 19.4. The highest BCUT2D eigenvalue weighted by atomic mass is 32.1. The Kier molecular flexibility index (Phi) is 5.07. The number of carbonyl (C=O) groups is 3. The first-order valence-electron chi connectivity index (χ1n) is 8.90. The molecular formula is C20H14N4O5S. The normalized spacial score (nSPS) is 13.5. The number of imide groups is 1. The molecule has 2 heterocycles. The van der Waals surface area contributed by atoms with E-state index in [2.05, 4.69) is 10.3 Å². The lowest BCUT2D eigenvalue weighted by atomic mass is 10.1. The molecule has 0 atom stereocenters. The van der Waals surface area contributed by atoms with Crippen LogP contribution < -0.4 is 10.2 Å². The van der Waals surface area contributed by atoms with E-state index in [-0.39, 0.29) is 30.3 Å². The number of amides is 3. The van der Waals surface area contributed by atoms with Gasteiger partial charge in [-0.05, 0) is 24.3 Å². The smallest absolute Gasteiger partial charge is 0.270 e. The van der Waals surface area contributed by atoms with E-state index in [0.29, 0.717) is 27.6 Å². The number of rotatable bonds is 5. The van der Waals surface area contributed by atoms with Gasteiger partial charge in [0.15, 0.2) is 5.13 Å². The number of hydrogen-bond acceptors (Lipinski definition) is 7. The average Bonchev–Trinajstić information content (AvgIpc) is 3.34. The van der Waals surface area contributed by atoms with Gasteiger partial charge in [0.05, 0.1) is 16.3 Å². The van der Waals surface area contributed by atoms with Gasteiger partial charge in [0.2, 0.25) is 11.8 Å². The number of nitro benzene ring substituents is 1. The van der Waals surface area contributed by atoms with Crippen molar-refractivity contribution in [3.63, 3.8) is 0 Å². The van der Waals surface area contributed by atoms with Gasteiger partial charge in [-0.15, -0.1) is 11.3 Å². The van der Waals surface area contributed by atoms with E-state index in [1.165, 1.54) is 35.6 Å². The molecule has 1 aliphatic heterocycles. The van der Waals surface area contributed by atoms with Crippen LogP contribution in [0.15, 0.2) is 53.9 Å². The molecule has 0 bridgehead atoms. The molecule has 2 aromatic carbocycles. The zero-order valence-corrected chi connectivity index (χ0v) is 16.2. The Hall–Kier alpha value is -3.92. The van der Waals surface area contributed by atoms with Crippen molar-refractivity contribution in [2.24, 2.45) is 0 Å². The number of nitrogens with one attached hydrogen (secondary N) is 1. The van der Waals surface area contributed by atoms with Crippen LogP contribution in [-0.4, -0.2) is 27.6 Å². The van der Waals surface area contributed by atoms with Gasteiger partial charge in [0.25, 0.3) is 11.6 Å². The second-order valence-corrected chi connectivity index (χ2v) is 7.33. The van der Waals surface area contributed by atoms with Crippen LogP contribution in [0.3, 0.4) is 0 Å². The third kappa shape index (κ3) is 3.80. The lowest BCUT2D eigenvalue weighted by Crippen LogP contribution is -2.28. The number of carbonyl (C=O) groups excluding carboxylic acids is 3. The highest BCUT2D eigenvalue weighted by molar-refractivity contribution is 7.14. The largest absolute Gasteiger partial charge is 0.298 e. The van der Waals surface area contributed by atoms with Gasteiger partial charge in [-0.2, -0.15) is 0 Å². The molecule has 1 aromatic heterocycles. The summed E-state index contributed by atoms with van der Waals surface area (Å²) in [4.78, 5) is 52.0. The molecule has 1 aliphatic rings. The lowest BCUT2D eigenvalue weighted by molar-refractivity contribution is -0.384. The number of aromatic nitrogens is 1. The molecule has 150 valence electrons. The number of benzene rings is 2. The summed E-state index contributed by atoms with van der Waals surface area (Å²) in [6.45, 7) is 0. The van der Waals surface area contributed by atoms with E-state index in [0.717, 1.165) is 4.90 Å². The Morgan fingerprint density at radius 2 is 1.80 bits per heavy atom. The summed E-state index contributed by atoms with van der Waals surface area (Å²) in [5.74, 6) is -0.914. The van der Waals surface area contributed by atoms with Crippen LogP contribution in [0.2, 0.25) is 0 Å². The zero-order chi connectivity index (χ0) is 21.3. The fourth-order valence-corrected chi connectivity index (χ4v) is 3.75. The standard InChI is InChI=1S/C20H14N4O5S/c25-17-8-9-18(26)23(17)14-6-4-12(5-7-14)19(27)22-20-21-16(11-30-20)13-2-1-3-15(10-13)24(28)29/h1-7,10-11H,8-9H2,(H,21,22,27). The molecule has 0 unspecified atom stereocenters. The summed E-state index contributed by atoms with van der Waals surface area (Å²) in [5.41, 5.74) is 1.82. The minimum absolute atomic E-state index is 0.0406. The van der Waals surface area contributed by atoms with Gasteiger partial charge < -0.3 is 0 Å². The van der Waals surface area contributed by atoms with E-state index < -0.39 is 10.8 Å². The number of nitro groups is 1. The maximum absolute atomic E-state index is 12.5. The molecule has 0 radical (unpaired) electrons. The predicted octanol–water partition coefficient (Wildman–Crippen LogP) is 3.62. The van der Waals surface area contributed by atoms with Gasteiger partial charge in [-0.25, -0.2) is 4.98 Å². The number of nitrogens with zero attached hydrogens (tertiary/aromatic N) is 3. The summed E-state index contributed by atoms with van der Waals surface area (Å²) in [6, 6.07) is 12.2. The molecule has 4 rings (SSSR count). The molecule has 1 fully saturated rings. The molecule has 1 saturated heterocycles. The Labute approximate surface area is 174 Å². The van der Waals surface area contributed by atoms with Gasteiger partial charge >= 0.3 is 0 Å². The second kappa shape index (κ2) is 7.84. The first-order valence-corrected chi connectivity index (χ1v) is 9.78. The molecule has 0 spiro atoms. The summed E-state index contributed by atoms with van der Waals surface area (Å²) in [5, 5.41) is 15.6. The van der Waals surface area contributed by atoms with Crippen LogP contribution in [0.5, 0.6) is 0 Å². The molecule has 3 amide bonds. The van der Waals surface area contributed by atoms with Crippen molar-refractivity contribution in [1.29, 1.82) is 0 Å². The lowest BCUT2D eigenvalue weighted by Gasteiger charge is -2.13. The molecular weight excluding hydrogens is 408 g/mol. The molecule has 10 heteroatoms. The van der Waals surface area contributed by atoms with Crippen LogP contribution in [0, 0.1) is 10.1 Å². The minimum atomic E-state index is -0.481. The van der Waals surface area contributed by atoms with Crippen molar-refractivity contribution in [1.82, 2.24) is 4.98 Å². The van der Waals surface area contributed by atoms with E-state index in [9.17, 15) is 24.5 Å². The highest BCUT2D eigenvalue weighted by Crippen LogP contribution is 2.28. The third-order valence-electron chi connectivity index (χ3n) is 4.52. The Bertz CT molecular complexity index is 1160. The van der Waals surface area contributed by atoms with E-state index in [4.69, 9.17) is 0 Å². The Morgan fingerprint density at radius 1 is 1.10 bits per heavy atom. The number of hydrogen-bond donors (Lipinski definition) is 1. The Morgan fingerprint density at radius 3 is 2.47 bits per heavy atom. The van der Waals surface area contributed by atoms with Gasteiger partial charge in [0.1, 0.15) is 0 Å². The van der Waals surface area contributed by atoms with Crippen molar-refractivity contribution >= 4 is 45.6 Å². The summed E-state index contributed by atoms with van der Waals surface area (Å²) in [6.07, 6.45) is 0.385. The predicted molar refractivity (Wildman–Crippen MR) is 110 cm³/mol. The van der Waals surface area contributed by atoms with Gasteiger partial charge in [0, 0.05) is 41.5 Å². The van der Waals surface area contributed by atoms with Crippen molar-refractivity contribution < 1.29 is 19.3 Å². The van der Waals surface area contributed by atoms with Gasteiger partial charge in [-0.1, -0.05) is 12.1 Å². The molecule has 30 heavy (non-hydrogen) atoms. The maximum atomic E-state index is 12.5. The van der Waals surface area contributed by atoms with Crippen molar-refractivity contribution in [3.05, 3.63) is 69.6 Å². The van der Waals surface area contributed by atoms with Gasteiger partial charge in [-0.3, -0.25) is 34.7 Å². The topological polar surface area (TPSA) is 123 Å².